The number of carboxylic acid groups (broad SMARTS) is 3. The average Bonchev–Trinajstić information content (AvgIpc) is 3.73. The Morgan fingerprint density at radius 3 is 1.35 bits per heavy atom. The van der Waals surface area contributed by atoms with Crippen LogP contribution in [0.4, 0.5) is 0 Å². The summed E-state index contributed by atoms with van der Waals surface area (Å²) < 4.78 is 0. The van der Waals surface area contributed by atoms with Crippen LogP contribution < -0.4 is 54.4 Å². The van der Waals surface area contributed by atoms with Gasteiger partial charge in [0.25, 0.3) is 0 Å². The minimum Gasteiger partial charge on any atom is -0.481 e. The van der Waals surface area contributed by atoms with Gasteiger partial charge < -0.3 is 84.7 Å². The SMILES string of the molecule is CC[C@H](C)[C@H](NC(=O)[C@H](Cc1c[nH]c2ccccc12)NC(=O)[C@H](CCCN=C(N)N)NC(=O)[C@@H](NC(=O)[C@H](Cc1c[nH]c2ccccc12)NC(=O)[C@H](CC(=O)O)NC(=O)[C@H](CCC(=O)O)NC(=O)[C@@H](N)Cc1c[nH]c2ccccc12)C(C)C)C(=O)O. The molecule has 3 heterocycles. The molecule has 19 N–H and O–H groups in total. The Morgan fingerprint density at radius 2 is 0.907 bits per heavy atom. The quantitative estimate of drug-likeness (QED) is 0.0156. The van der Waals surface area contributed by atoms with Crippen molar-refractivity contribution in [1.82, 2.24) is 52.2 Å². The number of carbonyl (C=O) groups is 10. The lowest BCUT2D eigenvalue weighted by Gasteiger charge is -2.29. The number of nitrogens with two attached hydrogens (primary N) is 3. The van der Waals surface area contributed by atoms with E-state index in [1.807, 2.05) is 36.4 Å². The lowest BCUT2D eigenvalue weighted by Crippen LogP contribution is -2.61. The zero-order chi connectivity index (χ0) is 62.8. The van der Waals surface area contributed by atoms with Crippen LogP contribution >= 0.6 is 0 Å². The van der Waals surface area contributed by atoms with Crippen LogP contribution in [0.3, 0.4) is 0 Å². The Balaban J connectivity index is 1.25. The number of amides is 7. The van der Waals surface area contributed by atoms with Crippen LogP contribution in [0.25, 0.3) is 32.7 Å². The number of hydrogen-bond donors (Lipinski definition) is 16. The maximum atomic E-state index is 14.8. The van der Waals surface area contributed by atoms with Crippen LogP contribution in [0, 0.1) is 11.8 Å². The summed E-state index contributed by atoms with van der Waals surface area (Å²) in [7, 11) is 0. The van der Waals surface area contributed by atoms with Crippen LogP contribution in [-0.2, 0) is 67.2 Å². The van der Waals surface area contributed by atoms with E-state index in [9.17, 15) is 63.3 Å². The van der Waals surface area contributed by atoms with Crippen molar-refractivity contribution in [2.45, 2.75) is 134 Å². The smallest absolute Gasteiger partial charge is 0.326 e. The number of para-hydroxylation sites is 3. The Hall–Kier alpha value is -9.79. The summed E-state index contributed by atoms with van der Waals surface area (Å²) >= 11 is 0. The highest BCUT2D eigenvalue weighted by Gasteiger charge is 2.37. The zero-order valence-electron chi connectivity index (χ0n) is 48.1. The van der Waals surface area contributed by atoms with Crippen molar-refractivity contribution in [3.05, 3.63) is 108 Å². The molecular formula is C59H76N14O13. The monoisotopic (exact) mass is 1190 g/mol. The standard InChI is InChI=1S/C59H76N14O13/c1-5-31(4)50(58(85)86)73-56(83)45(25-34-29-66-41-18-11-8-15-37(34)41)69-52(79)42(19-12-22-63-59(61)62)68-57(84)49(30(2)3)72-55(82)44(24-33-28-65-40-17-10-7-14-36(33)40)70-54(81)46(26-48(76)77)71-53(80)43(20-21-47(74)75)67-51(78)38(60)23-32-27-64-39-16-9-6-13-35(32)39/h6-11,13-18,27-31,38,42-46,49-50,64-66H,5,12,19-26,60H2,1-4H3,(H,67,78)(H,68,84)(H,69,79)(H,70,81)(H,71,80)(H,72,82)(H,73,83)(H,74,75)(H,76,77)(H,85,86)(H4,61,62,63)/t31-,38-,42-,43-,44-,45-,46-,49-,50-/m0/s1. The second kappa shape index (κ2) is 30.7. The van der Waals surface area contributed by atoms with E-state index < -0.39 is 139 Å². The van der Waals surface area contributed by atoms with Crippen molar-refractivity contribution >= 4 is 97.9 Å². The Morgan fingerprint density at radius 1 is 0.500 bits per heavy atom. The molecule has 0 spiro atoms. The first-order valence-corrected chi connectivity index (χ1v) is 28.2. The first-order valence-electron chi connectivity index (χ1n) is 28.2. The number of nitrogens with zero attached hydrogens (tertiary/aromatic N) is 1. The molecule has 0 saturated carbocycles. The fourth-order valence-electron chi connectivity index (χ4n) is 9.87. The van der Waals surface area contributed by atoms with Gasteiger partial charge in [-0.25, -0.2) is 4.79 Å². The number of nitrogens with one attached hydrogen (secondary N) is 10. The minimum atomic E-state index is -1.93. The van der Waals surface area contributed by atoms with Gasteiger partial charge >= 0.3 is 17.9 Å². The van der Waals surface area contributed by atoms with E-state index in [2.05, 4.69) is 57.2 Å². The molecule has 27 heteroatoms. The Kier molecular flexibility index (Phi) is 23.3. The van der Waals surface area contributed by atoms with Crippen molar-refractivity contribution in [3.63, 3.8) is 0 Å². The minimum absolute atomic E-state index is 0.00717. The third-order valence-corrected chi connectivity index (χ3v) is 14.8. The van der Waals surface area contributed by atoms with Gasteiger partial charge in [0.2, 0.25) is 41.4 Å². The maximum Gasteiger partial charge on any atom is 0.326 e. The summed E-state index contributed by atoms with van der Waals surface area (Å²) in [6, 6.07) is 9.49. The fraction of sp³-hybridized carbons (Fsp3) is 0.407. The molecule has 86 heavy (non-hydrogen) atoms. The molecule has 0 aliphatic rings. The number of benzene rings is 3. The van der Waals surface area contributed by atoms with Gasteiger partial charge in [-0.15, -0.1) is 0 Å². The molecule has 0 fully saturated rings. The molecule has 460 valence electrons. The highest BCUT2D eigenvalue weighted by Crippen LogP contribution is 2.23. The van der Waals surface area contributed by atoms with E-state index in [-0.39, 0.29) is 44.6 Å². The number of aromatic amines is 3. The second-order valence-electron chi connectivity index (χ2n) is 21.5. The lowest BCUT2D eigenvalue weighted by atomic mass is 9.97. The van der Waals surface area contributed by atoms with Crippen molar-refractivity contribution < 1.29 is 63.3 Å². The summed E-state index contributed by atoms with van der Waals surface area (Å²) in [5.74, 6) is -12.3. The van der Waals surface area contributed by atoms with Crippen molar-refractivity contribution in [3.8, 4) is 0 Å². The number of H-pyrrole nitrogens is 3. The number of fused-ring (bicyclic) bond motifs is 3. The number of guanidine groups is 1. The molecule has 27 nitrogen and oxygen atoms in total. The first-order chi connectivity index (χ1) is 40.9. The number of aromatic nitrogens is 3. The topological polar surface area (TPSA) is 453 Å². The van der Waals surface area contributed by atoms with Gasteiger partial charge in [0.1, 0.15) is 42.3 Å². The van der Waals surface area contributed by atoms with Crippen LogP contribution in [-0.4, -0.2) is 150 Å². The molecule has 0 saturated heterocycles. The highest BCUT2D eigenvalue weighted by atomic mass is 16.4. The van der Waals surface area contributed by atoms with Crippen molar-refractivity contribution in [2.75, 3.05) is 6.54 Å². The number of aliphatic carboxylic acids is 3. The second-order valence-corrected chi connectivity index (χ2v) is 21.5. The van der Waals surface area contributed by atoms with Gasteiger partial charge in [0, 0.05) is 77.1 Å². The molecule has 6 rings (SSSR count). The van der Waals surface area contributed by atoms with Crippen LogP contribution in [0.1, 0.15) is 82.9 Å². The first kappa shape index (κ1) is 65.4. The summed E-state index contributed by atoms with van der Waals surface area (Å²) in [4.78, 5) is 150. The van der Waals surface area contributed by atoms with Gasteiger partial charge in [0.05, 0.1) is 12.5 Å². The number of rotatable bonds is 33. The zero-order valence-corrected chi connectivity index (χ0v) is 48.1. The largest absolute Gasteiger partial charge is 0.481 e. The Bertz CT molecular complexity index is 3440. The molecule has 0 aliphatic carbocycles. The van der Waals surface area contributed by atoms with Crippen molar-refractivity contribution in [1.29, 1.82) is 0 Å². The number of carbonyl (C=O) groups excluding carboxylic acids is 7. The molecular weight excluding hydrogens is 1110 g/mol. The number of hydrogen-bond acceptors (Lipinski definition) is 12. The number of aliphatic imine (C=N–C) groups is 1. The van der Waals surface area contributed by atoms with Gasteiger partial charge in [-0.3, -0.25) is 48.1 Å². The molecule has 6 aromatic rings. The van der Waals surface area contributed by atoms with Gasteiger partial charge in [-0.1, -0.05) is 88.7 Å². The molecule has 0 bridgehead atoms. The predicted octanol–water partition coefficient (Wildman–Crippen LogP) is 1.06. The van der Waals surface area contributed by atoms with E-state index in [0.717, 1.165) is 21.8 Å². The molecule has 7 amide bonds. The third kappa shape index (κ3) is 18.1. The Labute approximate surface area is 494 Å². The van der Waals surface area contributed by atoms with Crippen molar-refractivity contribution in [2.24, 2.45) is 34.0 Å². The molecule has 0 radical (unpaired) electrons. The van der Waals surface area contributed by atoms with E-state index in [0.29, 0.717) is 34.0 Å². The van der Waals surface area contributed by atoms with E-state index in [4.69, 9.17) is 17.2 Å². The summed E-state index contributed by atoms with van der Waals surface area (Å²) in [5.41, 5.74) is 21.4. The molecule has 9 atom stereocenters. The lowest BCUT2D eigenvalue weighted by molar-refractivity contribution is -0.144. The number of carboxylic acids is 3. The normalized spacial score (nSPS) is 14.5. The highest BCUT2D eigenvalue weighted by molar-refractivity contribution is 5.99. The molecule has 3 aromatic heterocycles. The molecule has 0 unspecified atom stereocenters. The van der Waals surface area contributed by atoms with E-state index >= 15 is 0 Å². The van der Waals surface area contributed by atoms with Crippen LogP contribution in [0.5, 0.6) is 0 Å². The summed E-state index contributed by atoms with van der Waals surface area (Å²) in [5, 5.41) is 49.8. The van der Waals surface area contributed by atoms with Gasteiger partial charge in [-0.05, 0) is 72.4 Å². The van der Waals surface area contributed by atoms with Gasteiger partial charge in [-0.2, -0.15) is 0 Å². The summed E-state index contributed by atoms with van der Waals surface area (Å²) in [6.45, 7) is 6.62. The summed E-state index contributed by atoms with van der Waals surface area (Å²) in [6.07, 6.45) is 2.76. The molecule has 0 aliphatic heterocycles. The third-order valence-electron chi connectivity index (χ3n) is 14.8. The van der Waals surface area contributed by atoms with E-state index in [1.54, 1.807) is 82.7 Å². The average molecular weight is 1190 g/mol. The maximum absolute atomic E-state index is 14.8. The van der Waals surface area contributed by atoms with E-state index in [1.165, 1.54) is 0 Å². The fourth-order valence-corrected chi connectivity index (χ4v) is 9.87. The van der Waals surface area contributed by atoms with Gasteiger partial charge in [0.15, 0.2) is 5.96 Å². The predicted molar refractivity (Wildman–Crippen MR) is 318 cm³/mol. The molecule has 3 aromatic carbocycles. The van der Waals surface area contributed by atoms with Crippen LogP contribution in [0.15, 0.2) is 96.4 Å². The van der Waals surface area contributed by atoms with Crippen LogP contribution in [0.2, 0.25) is 0 Å².